The van der Waals surface area contributed by atoms with Crippen molar-refractivity contribution in [2.24, 2.45) is 0 Å². The largest absolute Gasteiger partial charge is 0.391 e. The first-order chi connectivity index (χ1) is 8.13. The summed E-state index contributed by atoms with van der Waals surface area (Å²) in [6.45, 7) is 5.18. The molecule has 1 fully saturated rings. The van der Waals surface area contributed by atoms with Crippen LogP contribution in [-0.2, 0) is 4.84 Å². The van der Waals surface area contributed by atoms with Gasteiger partial charge in [-0.25, -0.2) is 10.3 Å². The Bertz CT molecular complexity index is 305. The zero-order valence-electron chi connectivity index (χ0n) is 10.8. The van der Waals surface area contributed by atoms with E-state index in [9.17, 15) is 18.0 Å². The molecule has 0 bridgehead atoms. The predicted molar refractivity (Wildman–Crippen MR) is 59.8 cm³/mol. The molecule has 0 saturated carbocycles. The molecule has 0 aromatic rings. The normalized spacial score (nSPS) is 23.2. The Morgan fingerprint density at radius 2 is 2.11 bits per heavy atom. The van der Waals surface area contributed by atoms with Crippen LogP contribution in [0.2, 0.25) is 0 Å². The number of carbonyl (C=O) groups is 1. The van der Waals surface area contributed by atoms with Crippen LogP contribution in [0.5, 0.6) is 0 Å². The standard InChI is InChI=1S/C11H19F3N2O2/c1-8-4-5-10(2,3)16(8)9(17)15-18-7-6-11(12,13)14/h8H,4-7H2,1-3H3,(H,15,17). The molecule has 1 unspecified atom stereocenters. The first kappa shape index (κ1) is 15.1. The van der Waals surface area contributed by atoms with Gasteiger partial charge in [-0.05, 0) is 33.6 Å². The highest BCUT2D eigenvalue weighted by molar-refractivity contribution is 5.74. The number of nitrogens with zero attached hydrogens (tertiary/aromatic N) is 1. The van der Waals surface area contributed by atoms with Crippen LogP contribution in [-0.4, -0.2) is 35.3 Å². The lowest BCUT2D eigenvalue weighted by atomic mass is 10.0. The molecule has 0 radical (unpaired) electrons. The molecule has 1 atom stereocenters. The van der Waals surface area contributed by atoms with Gasteiger partial charge in [0, 0.05) is 11.6 Å². The maximum absolute atomic E-state index is 11.9. The molecule has 106 valence electrons. The number of hydroxylamine groups is 1. The van der Waals surface area contributed by atoms with Crippen LogP contribution in [0.1, 0.15) is 40.0 Å². The van der Waals surface area contributed by atoms with Crippen molar-refractivity contribution < 1.29 is 22.8 Å². The number of alkyl halides is 3. The Morgan fingerprint density at radius 3 is 2.56 bits per heavy atom. The topological polar surface area (TPSA) is 41.6 Å². The fourth-order valence-corrected chi connectivity index (χ4v) is 2.21. The van der Waals surface area contributed by atoms with Crippen LogP contribution in [0, 0.1) is 0 Å². The van der Waals surface area contributed by atoms with E-state index >= 15 is 0 Å². The summed E-state index contributed by atoms with van der Waals surface area (Å²) in [6, 6.07) is -0.418. The third-order valence-electron chi connectivity index (χ3n) is 3.13. The summed E-state index contributed by atoms with van der Waals surface area (Å²) in [4.78, 5) is 18.0. The van der Waals surface area contributed by atoms with Gasteiger partial charge < -0.3 is 4.90 Å². The summed E-state index contributed by atoms with van der Waals surface area (Å²) < 4.78 is 35.6. The fourth-order valence-electron chi connectivity index (χ4n) is 2.21. The summed E-state index contributed by atoms with van der Waals surface area (Å²) in [6.07, 6.45) is -3.61. The molecule has 2 amide bonds. The van der Waals surface area contributed by atoms with Gasteiger partial charge in [0.2, 0.25) is 0 Å². The molecule has 1 aliphatic rings. The molecule has 1 aliphatic heterocycles. The van der Waals surface area contributed by atoms with Crippen molar-refractivity contribution in [1.82, 2.24) is 10.4 Å². The van der Waals surface area contributed by atoms with E-state index in [0.29, 0.717) is 0 Å². The van der Waals surface area contributed by atoms with E-state index in [2.05, 4.69) is 10.3 Å². The van der Waals surface area contributed by atoms with Gasteiger partial charge in [0.05, 0.1) is 13.0 Å². The molecule has 1 N–H and O–H groups in total. The van der Waals surface area contributed by atoms with Gasteiger partial charge in [0.15, 0.2) is 0 Å². The average Bonchev–Trinajstić information content (AvgIpc) is 2.46. The number of urea groups is 1. The van der Waals surface area contributed by atoms with Crippen LogP contribution in [0.15, 0.2) is 0 Å². The maximum Gasteiger partial charge on any atom is 0.391 e. The number of halogens is 3. The number of hydrogen-bond donors (Lipinski definition) is 1. The van der Waals surface area contributed by atoms with Crippen molar-refractivity contribution >= 4 is 6.03 Å². The minimum atomic E-state index is -4.27. The minimum absolute atomic E-state index is 0.0613. The Balaban J connectivity index is 2.37. The lowest BCUT2D eigenvalue weighted by molar-refractivity contribution is -0.149. The van der Waals surface area contributed by atoms with Crippen molar-refractivity contribution in [3.63, 3.8) is 0 Å². The zero-order chi connectivity index (χ0) is 14.0. The third-order valence-corrected chi connectivity index (χ3v) is 3.13. The predicted octanol–water partition coefficient (Wildman–Crippen LogP) is 2.84. The van der Waals surface area contributed by atoms with E-state index in [4.69, 9.17) is 0 Å². The van der Waals surface area contributed by atoms with Crippen LogP contribution in [0.4, 0.5) is 18.0 Å². The number of nitrogens with one attached hydrogen (secondary N) is 1. The Kier molecular flexibility index (Phi) is 4.47. The number of hydrogen-bond acceptors (Lipinski definition) is 2. The van der Waals surface area contributed by atoms with Gasteiger partial charge in [-0.3, -0.25) is 4.84 Å². The van der Waals surface area contributed by atoms with Gasteiger partial charge in [0.1, 0.15) is 0 Å². The highest BCUT2D eigenvalue weighted by Gasteiger charge is 2.40. The van der Waals surface area contributed by atoms with Gasteiger partial charge in [-0.1, -0.05) is 0 Å². The summed E-state index contributed by atoms with van der Waals surface area (Å²) >= 11 is 0. The molecule has 0 spiro atoms. The minimum Gasteiger partial charge on any atom is -0.315 e. The molecule has 7 heteroatoms. The molecule has 0 aliphatic carbocycles. The summed E-state index contributed by atoms with van der Waals surface area (Å²) in [5, 5.41) is 0. The SMILES string of the molecule is CC1CCC(C)(C)N1C(=O)NOCCC(F)(F)F. The Labute approximate surface area is 104 Å². The van der Waals surface area contributed by atoms with E-state index in [-0.39, 0.29) is 11.6 Å². The van der Waals surface area contributed by atoms with Crippen LogP contribution in [0.25, 0.3) is 0 Å². The molecule has 0 aromatic carbocycles. The second-order valence-electron chi connectivity index (χ2n) is 5.19. The van der Waals surface area contributed by atoms with Gasteiger partial charge >= 0.3 is 12.2 Å². The van der Waals surface area contributed by atoms with Crippen LogP contribution in [0.3, 0.4) is 0 Å². The molecular formula is C11H19F3N2O2. The second-order valence-corrected chi connectivity index (χ2v) is 5.19. The van der Waals surface area contributed by atoms with Crippen molar-refractivity contribution in [1.29, 1.82) is 0 Å². The first-order valence-corrected chi connectivity index (χ1v) is 5.91. The lowest BCUT2D eigenvalue weighted by Gasteiger charge is -2.34. The van der Waals surface area contributed by atoms with Gasteiger partial charge in [-0.2, -0.15) is 13.2 Å². The van der Waals surface area contributed by atoms with E-state index in [1.807, 2.05) is 20.8 Å². The van der Waals surface area contributed by atoms with Gasteiger partial charge in [0.25, 0.3) is 0 Å². The second kappa shape index (κ2) is 5.34. The summed E-state index contributed by atoms with van der Waals surface area (Å²) in [5.41, 5.74) is 1.78. The highest BCUT2D eigenvalue weighted by Crippen LogP contribution is 2.32. The molecule has 1 saturated heterocycles. The van der Waals surface area contributed by atoms with Crippen LogP contribution < -0.4 is 5.48 Å². The highest BCUT2D eigenvalue weighted by atomic mass is 19.4. The maximum atomic E-state index is 11.9. The molecule has 4 nitrogen and oxygen atoms in total. The van der Waals surface area contributed by atoms with Crippen LogP contribution >= 0.6 is 0 Å². The number of likely N-dealkylation sites (tertiary alicyclic amines) is 1. The van der Waals surface area contributed by atoms with E-state index < -0.39 is 25.2 Å². The van der Waals surface area contributed by atoms with E-state index in [1.54, 1.807) is 4.90 Å². The Hall–Kier alpha value is -0.980. The molecule has 1 heterocycles. The van der Waals surface area contributed by atoms with Crippen molar-refractivity contribution in [3.05, 3.63) is 0 Å². The van der Waals surface area contributed by atoms with Crippen molar-refractivity contribution in [2.45, 2.75) is 57.8 Å². The molecule has 0 aromatic heterocycles. The molecule has 1 rings (SSSR count). The lowest BCUT2D eigenvalue weighted by Crippen LogP contribution is -2.50. The van der Waals surface area contributed by atoms with E-state index in [0.717, 1.165) is 12.8 Å². The monoisotopic (exact) mass is 268 g/mol. The summed E-state index contributed by atoms with van der Waals surface area (Å²) in [7, 11) is 0. The van der Waals surface area contributed by atoms with Crippen molar-refractivity contribution in [3.8, 4) is 0 Å². The number of amides is 2. The first-order valence-electron chi connectivity index (χ1n) is 5.91. The quantitative estimate of drug-likeness (QED) is 0.631. The molecule has 18 heavy (non-hydrogen) atoms. The molecular weight excluding hydrogens is 249 g/mol. The van der Waals surface area contributed by atoms with E-state index in [1.165, 1.54) is 0 Å². The number of rotatable bonds is 3. The summed E-state index contributed by atoms with van der Waals surface area (Å²) in [5.74, 6) is 0. The fraction of sp³-hybridized carbons (Fsp3) is 0.909. The Morgan fingerprint density at radius 1 is 1.50 bits per heavy atom. The smallest absolute Gasteiger partial charge is 0.315 e. The zero-order valence-corrected chi connectivity index (χ0v) is 10.8. The third kappa shape index (κ3) is 4.04. The average molecular weight is 268 g/mol. The van der Waals surface area contributed by atoms with Crippen molar-refractivity contribution in [2.75, 3.05) is 6.61 Å². The number of carbonyl (C=O) groups excluding carboxylic acids is 1. The van der Waals surface area contributed by atoms with Gasteiger partial charge in [-0.15, -0.1) is 0 Å².